The van der Waals surface area contributed by atoms with Gasteiger partial charge in [0.25, 0.3) is 0 Å². The molecule has 0 spiro atoms. The van der Waals surface area contributed by atoms with E-state index in [0.717, 1.165) is 36.7 Å². The largest absolute Gasteiger partial charge is 0.444 e. The molecule has 3 heterocycles. The van der Waals surface area contributed by atoms with E-state index in [1.54, 1.807) is 6.07 Å². The zero-order chi connectivity index (χ0) is 20.5. The number of nitrogens with zero attached hydrogens (tertiary/aromatic N) is 4. The van der Waals surface area contributed by atoms with Gasteiger partial charge in [-0.2, -0.15) is 4.98 Å². The second kappa shape index (κ2) is 7.99. The van der Waals surface area contributed by atoms with Crippen molar-refractivity contribution in [3.63, 3.8) is 0 Å². The molecule has 1 N–H and O–H groups in total. The lowest BCUT2D eigenvalue weighted by molar-refractivity contribution is 0.0520. The predicted octanol–water partition coefficient (Wildman–Crippen LogP) is 3.89. The van der Waals surface area contributed by atoms with Crippen LogP contribution in [0.4, 0.5) is 10.6 Å². The highest BCUT2D eigenvalue weighted by molar-refractivity contribution is 6.29. The van der Waals surface area contributed by atoms with Crippen molar-refractivity contribution in [1.82, 2.24) is 19.9 Å². The van der Waals surface area contributed by atoms with Gasteiger partial charge in [-0.15, -0.1) is 0 Å². The van der Waals surface area contributed by atoms with Gasteiger partial charge in [0.1, 0.15) is 16.6 Å². The number of amides is 1. The maximum absolute atomic E-state index is 11.9. The van der Waals surface area contributed by atoms with Crippen LogP contribution < -0.4 is 10.2 Å². The number of anilines is 1. The highest BCUT2D eigenvalue weighted by Gasteiger charge is 2.26. The Balaban J connectivity index is 1.66. The summed E-state index contributed by atoms with van der Waals surface area (Å²) in [4.78, 5) is 23.2. The molecule has 0 radical (unpaired) electrons. The maximum atomic E-state index is 11.9. The van der Waals surface area contributed by atoms with Gasteiger partial charge in [0.05, 0.1) is 0 Å². The van der Waals surface area contributed by atoms with Crippen LogP contribution in [0.2, 0.25) is 5.15 Å². The standard InChI is InChI=1S/C20H28ClN5O2/c1-13-6-7-14(2)26(13)18-23-16(21)10-17(24-18)25-9-8-15(12-25)11-22-19(27)28-20(3,4)5/h6-7,10,15H,8-9,11-12H2,1-5H3,(H,22,27)/t15-/m1/s1. The Hall–Kier alpha value is -2.28. The number of aromatic nitrogens is 3. The molecule has 0 unspecified atom stereocenters. The van der Waals surface area contributed by atoms with Crippen molar-refractivity contribution in [2.45, 2.75) is 46.6 Å². The van der Waals surface area contributed by atoms with Crippen molar-refractivity contribution < 1.29 is 9.53 Å². The Labute approximate surface area is 171 Å². The van der Waals surface area contributed by atoms with Crippen LogP contribution >= 0.6 is 11.6 Å². The third-order valence-electron chi connectivity index (χ3n) is 4.68. The fourth-order valence-corrected chi connectivity index (χ4v) is 3.56. The summed E-state index contributed by atoms with van der Waals surface area (Å²) in [5.41, 5.74) is 1.63. The van der Waals surface area contributed by atoms with E-state index in [1.807, 2.05) is 51.3 Å². The number of carbonyl (C=O) groups is 1. The van der Waals surface area contributed by atoms with Crippen molar-refractivity contribution >= 4 is 23.5 Å². The van der Waals surface area contributed by atoms with Crippen LogP contribution in [0.3, 0.4) is 0 Å². The van der Waals surface area contributed by atoms with Gasteiger partial charge in [-0.1, -0.05) is 11.6 Å². The second-order valence-electron chi connectivity index (χ2n) is 8.28. The number of ether oxygens (including phenoxy) is 1. The number of aryl methyl sites for hydroxylation is 2. The molecule has 8 heteroatoms. The lowest BCUT2D eigenvalue weighted by atomic mass is 10.1. The van der Waals surface area contributed by atoms with Crippen LogP contribution in [0.25, 0.3) is 5.95 Å². The quantitative estimate of drug-likeness (QED) is 0.781. The second-order valence-corrected chi connectivity index (χ2v) is 8.67. The molecule has 7 nitrogen and oxygen atoms in total. The average molecular weight is 406 g/mol. The highest BCUT2D eigenvalue weighted by Crippen LogP contribution is 2.25. The Morgan fingerprint density at radius 2 is 1.96 bits per heavy atom. The fourth-order valence-electron chi connectivity index (χ4n) is 3.39. The molecule has 1 saturated heterocycles. The first-order valence-corrected chi connectivity index (χ1v) is 9.92. The van der Waals surface area contributed by atoms with Gasteiger partial charge in [-0.05, 0) is 59.1 Å². The Bertz CT molecular complexity index is 839. The molecular weight excluding hydrogens is 378 g/mol. The maximum Gasteiger partial charge on any atom is 0.407 e. The van der Waals surface area contributed by atoms with Crippen LogP contribution in [0.15, 0.2) is 18.2 Å². The van der Waals surface area contributed by atoms with E-state index < -0.39 is 5.60 Å². The van der Waals surface area contributed by atoms with E-state index in [9.17, 15) is 4.79 Å². The minimum Gasteiger partial charge on any atom is -0.444 e. The number of hydrogen-bond acceptors (Lipinski definition) is 5. The molecule has 1 atom stereocenters. The molecule has 152 valence electrons. The first kappa shape index (κ1) is 20.5. The van der Waals surface area contributed by atoms with Crippen LogP contribution in [-0.4, -0.2) is 45.9 Å². The molecule has 2 aromatic heterocycles. The number of rotatable bonds is 4. The van der Waals surface area contributed by atoms with Crippen LogP contribution in [0.5, 0.6) is 0 Å². The van der Waals surface area contributed by atoms with E-state index in [4.69, 9.17) is 21.3 Å². The van der Waals surface area contributed by atoms with E-state index in [-0.39, 0.29) is 6.09 Å². The van der Waals surface area contributed by atoms with Crippen LogP contribution in [0.1, 0.15) is 38.6 Å². The summed E-state index contributed by atoms with van der Waals surface area (Å²) in [6.45, 7) is 11.8. The molecular formula is C20H28ClN5O2. The van der Waals surface area contributed by atoms with Gasteiger partial charge in [-0.25, -0.2) is 9.78 Å². The lowest BCUT2D eigenvalue weighted by Gasteiger charge is -2.21. The Morgan fingerprint density at radius 1 is 1.29 bits per heavy atom. The summed E-state index contributed by atoms with van der Waals surface area (Å²) < 4.78 is 7.29. The summed E-state index contributed by atoms with van der Waals surface area (Å²) in [7, 11) is 0. The first-order chi connectivity index (χ1) is 13.1. The molecule has 0 aromatic carbocycles. The number of nitrogens with one attached hydrogen (secondary N) is 1. The van der Waals surface area contributed by atoms with Gasteiger partial charge in [0, 0.05) is 37.1 Å². The number of halogens is 1. The number of alkyl carbamates (subject to hydrolysis) is 1. The van der Waals surface area contributed by atoms with Gasteiger partial charge in [0.15, 0.2) is 0 Å². The van der Waals surface area contributed by atoms with E-state index >= 15 is 0 Å². The van der Waals surface area contributed by atoms with Gasteiger partial charge in [-0.3, -0.25) is 4.57 Å². The molecule has 0 saturated carbocycles. The summed E-state index contributed by atoms with van der Waals surface area (Å²) in [6, 6.07) is 5.86. The molecule has 1 aliphatic heterocycles. The summed E-state index contributed by atoms with van der Waals surface area (Å²) >= 11 is 6.29. The molecule has 0 aliphatic carbocycles. The molecule has 0 bridgehead atoms. The summed E-state index contributed by atoms with van der Waals surface area (Å²) in [5, 5.41) is 3.28. The highest BCUT2D eigenvalue weighted by atomic mass is 35.5. The minimum absolute atomic E-state index is 0.333. The Kier molecular flexibility index (Phi) is 5.84. The Morgan fingerprint density at radius 3 is 2.61 bits per heavy atom. The minimum atomic E-state index is -0.491. The van der Waals surface area contributed by atoms with E-state index in [2.05, 4.69) is 15.2 Å². The third kappa shape index (κ3) is 4.95. The third-order valence-corrected chi connectivity index (χ3v) is 4.88. The summed E-state index contributed by atoms with van der Waals surface area (Å²) in [6.07, 6.45) is 0.589. The smallest absolute Gasteiger partial charge is 0.407 e. The van der Waals surface area contributed by atoms with E-state index in [0.29, 0.717) is 23.6 Å². The fraction of sp³-hybridized carbons (Fsp3) is 0.550. The van der Waals surface area contributed by atoms with E-state index in [1.165, 1.54) is 0 Å². The van der Waals surface area contributed by atoms with Crippen molar-refractivity contribution in [3.8, 4) is 5.95 Å². The molecule has 28 heavy (non-hydrogen) atoms. The van der Waals surface area contributed by atoms with Crippen molar-refractivity contribution in [2.24, 2.45) is 5.92 Å². The molecule has 3 rings (SSSR count). The average Bonchev–Trinajstić information content (AvgIpc) is 3.18. The monoisotopic (exact) mass is 405 g/mol. The number of hydrogen-bond donors (Lipinski definition) is 1. The van der Waals surface area contributed by atoms with Crippen molar-refractivity contribution in [3.05, 3.63) is 34.7 Å². The van der Waals surface area contributed by atoms with Gasteiger partial charge in [0.2, 0.25) is 5.95 Å². The molecule has 2 aromatic rings. The zero-order valence-electron chi connectivity index (χ0n) is 17.1. The van der Waals surface area contributed by atoms with Crippen LogP contribution in [0, 0.1) is 19.8 Å². The molecule has 1 aliphatic rings. The normalized spacial score (nSPS) is 17.1. The van der Waals surface area contributed by atoms with Crippen molar-refractivity contribution in [2.75, 3.05) is 24.5 Å². The molecule has 1 fully saturated rings. The van der Waals surface area contributed by atoms with Gasteiger partial charge >= 0.3 is 6.09 Å². The summed E-state index contributed by atoms with van der Waals surface area (Å²) in [5.74, 6) is 1.72. The number of carbonyl (C=O) groups excluding carboxylic acids is 1. The lowest BCUT2D eigenvalue weighted by Crippen LogP contribution is -2.36. The van der Waals surface area contributed by atoms with Crippen molar-refractivity contribution in [1.29, 1.82) is 0 Å². The van der Waals surface area contributed by atoms with Gasteiger partial charge < -0.3 is 15.0 Å². The molecule has 1 amide bonds. The topological polar surface area (TPSA) is 72.3 Å². The SMILES string of the molecule is Cc1ccc(C)n1-c1nc(Cl)cc(N2CC[C@H](CNC(=O)OC(C)(C)C)C2)n1. The van der Waals surface area contributed by atoms with Crippen LogP contribution in [-0.2, 0) is 4.74 Å². The zero-order valence-corrected chi connectivity index (χ0v) is 17.9. The first-order valence-electron chi connectivity index (χ1n) is 9.54. The predicted molar refractivity (Wildman–Crippen MR) is 110 cm³/mol.